The lowest BCUT2D eigenvalue weighted by atomic mass is 9.98. The minimum Gasteiger partial charge on any atom is -0.384 e. The summed E-state index contributed by atoms with van der Waals surface area (Å²) in [6.45, 7) is 4.10. The van der Waals surface area contributed by atoms with Crippen molar-refractivity contribution in [2.24, 2.45) is 11.7 Å². The van der Waals surface area contributed by atoms with Crippen molar-refractivity contribution in [2.75, 3.05) is 5.73 Å². The Morgan fingerprint density at radius 1 is 1.10 bits per heavy atom. The Morgan fingerprint density at radius 3 is 2.40 bits per heavy atom. The van der Waals surface area contributed by atoms with E-state index < -0.39 is 12.1 Å². The number of hydrogen-bond donors (Lipinski definition) is 4. The Balaban J connectivity index is 2.13. The van der Waals surface area contributed by atoms with Crippen LogP contribution in [-0.4, -0.2) is 28.9 Å². The van der Waals surface area contributed by atoms with Gasteiger partial charge in [-0.05, 0) is 35.2 Å². The van der Waals surface area contributed by atoms with Gasteiger partial charge in [0.15, 0.2) is 0 Å². The molecule has 1 unspecified atom stereocenters. The quantitative estimate of drug-likeness (QED) is 0.466. The van der Waals surface area contributed by atoms with Gasteiger partial charge in [-0.2, -0.15) is 0 Å². The zero-order valence-electron chi connectivity index (χ0n) is 17.0. The van der Waals surface area contributed by atoms with Crippen LogP contribution in [0.1, 0.15) is 31.4 Å². The highest BCUT2D eigenvalue weighted by atomic mass is 35.5. The van der Waals surface area contributed by atoms with Crippen molar-refractivity contribution in [1.29, 1.82) is 0 Å². The predicted octanol–water partition coefficient (Wildman–Crippen LogP) is 2.69. The van der Waals surface area contributed by atoms with Crippen LogP contribution in [0, 0.1) is 5.92 Å². The highest BCUT2D eigenvalue weighted by molar-refractivity contribution is 6.42. The first-order chi connectivity index (χ1) is 14.2. The first-order valence-electron chi connectivity index (χ1n) is 9.69. The second kappa shape index (κ2) is 11.2. The third kappa shape index (κ3) is 6.86. The number of carbonyl (C=O) groups excluding carboxylic acids is 2. The summed E-state index contributed by atoms with van der Waals surface area (Å²) in [6, 6.07) is 6.98. The first kappa shape index (κ1) is 23.9. The van der Waals surface area contributed by atoms with Gasteiger partial charge >= 0.3 is 0 Å². The molecule has 1 aromatic heterocycles. The van der Waals surface area contributed by atoms with Gasteiger partial charge in [0.25, 0.3) is 0 Å². The van der Waals surface area contributed by atoms with Crippen LogP contribution < -0.4 is 22.1 Å². The molecule has 9 heteroatoms. The Hall–Kier alpha value is -2.35. The largest absolute Gasteiger partial charge is 0.384 e. The number of rotatable bonds is 9. The molecule has 1 heterocycles. The fourth-order valence-electron chi connectivity index (χ4n) is 2.74. The number of anilines is 1. The van der Waals surface area contributed by atoms with Crippen molar-refractivity contribution >= 4 is 40.8 Å². The van der Waals surface area contributed by atoms with Crippen LogP contribution >= 0.6 is 23.2 Å². The zero-order valence-corrected chi connectivity index (χ0v) is 18.5. The monoisotopic (exact) mass is 451 g/mol. The average Bonchev–Trinajstić information content (AvgIpc) is 2.73. The lowest BCUT2D eigenvalue weighted by molar-refractivity contribution is -0.130. The highest BCUT2D eigenvalue weighted by Gasteiger charge is 2.26. The van der Waals surface area contributed by atoms with E-state index in [1.807, 2.05) is 13.8 Å². The number of hydrogen-bond acceptors (Lipinski definition) is 5. The van der Waals surface area contributed by atoms with E-state index >= 15 is 0 Å². The second-order valence-electron chi connectivity index (χ2n) is 7.23. The Morgan fingerprint density at radius 2 is 1.80 bits per heavy atom. The van der Waals surface area contributed by atoms with Gasteiger partial charge < -0.3 is 22.1 Å². The van der Waals surface area contributed by atoms with E-state index in [4.69, 9.17) is 34.7 Å². The molecule has 2 aromatic rings. The standard InChI is InChI=1S/C21H27Cl2N5O2/c1-3-12(2)19(25)21(30)28-17(9-13-4-6-15(22)16(23)8-13)20(29)27-11-14-5-7-18(24)26-10-14/h4-8,10,12,17,19H,3,9,11,25H2,1-2H3,(H2,24,26)(H,27,29)(H,28,30)/t12?,17-,19+/m1/s1. The molecule has 0 radical (unpaired) electrons. The maximum atomic E-state index is 12.9. The molecule has 162 valence electrons. The topological polar surface area (TPSA) is 123 Å². The Kier molecular flexibility index (Phi) is 8.89. The van der Waals surface area contributed by atoms with E-state index in [-0.39, 0.29) is 30.7 Å². The summed E-state index contributed by atoms with van der Waals surface area (Å²) in [4.78, 5) is 29.5. The molecule has 2 amide bonds. The molecule has 0 bridgehead atoms. The van der Waals surface area contributed by atoms with E-state index in [2.05, 4.69) is 15.6 Å². The highest BCUT2D eigenvalue weighted by Crippen LogP contribution is 2.23. The van der Waals surface area contributed by atoms with E-state index in [0.29, 0.717) is 15.9 Å². The van der Waals surface area contributed by atoms with Crippen LogP contribution in [0.3, 0.4) is 0 Å². The van der Waals surface area contributed by atoms with Crippen molar-refractivity contribution in [3.8, 4) is 0 Å². The van der Waals surface area contributed by atoms with Crippen LogP contribution in [0.15, 0.2) is 36.5 Å². The molecular weight excluding hydrogens is 425 g/mol. The van der Waals surface area contributed by atoms with Crippen LogP contribution in [-0.2, 0) is 22.6 Å². The summed E-state index contributed by atoms with van der Waals surface area (Å²) >= 11 is 12.1. The number of carbonyl (C=O) groups is 2. The molecule has 6 N–H and O–H groups in total. The van der Waals surface area contributed by atoms with Crippen LogP contribution in [0.4, 0.5) is 5.82 Å². The number of nitrogens with two attached hydrogens (primary N) is 2. The minimum absolute atomic E-state index is 0.0143. The summed E-state index contributed by atoms with van der Waals surface area (Å²) in [7, 11) is 0. The smallest absolute Gasteiger partial charge is 0.243 e. The summed E-state index contributed by atoms with van der Waals surface area (Å²) in [6.07, 6.45) is 2.57. The van der Waals surface area contributed by atoms with Gasteiger partial charge in [-0.3, -0.25) is 9.59 Å². The molecule has 0 spiro atoms. The molecule has 0 aliphatic rings. The Labute approximate surface area is 186 Å². The van der Waals surface area contributed by atoms with E-state index in [1.165, 1.54) is 0 Å². The van der Waals surface area contributed by atoms with Gasteiger partial charge in [0.1, 0.15) is 11.9 Å². The second-order valence-corrected chi connectivity index (χ2v) is 8.05. The van der Waals surface area contributed by atoms with Gasteiger partial charge in [0.2, 0.25) is 11.8 Å². The van der Waals surface area contributed by atoms with Crippen LogP contribution in [0.25, 0.3) is 0 Å². The third-order valence-corrected chi connectivity index (χ3v) is 5.67. The molecule has 2 rings (SSSR count). The number of nitrogen functional groups attached to an aromatic ring is 1. The van der Waals surface area contributed by atoms with Crippen molar-refractivity contribution in [3.63, 3.8) is 0 Å². The maximum absolute atomic E-state index is 12.9. The average molecular weight is 452 g/mol. The molecule has 0 saturated heterocycles. The van der Waals surface area contributed by atoms with Gasteiger partial charge in [-0.25, -0.2) is 4.98 Å². The van der Waals surface area contributed by atoms with Crippen molar-refractivity contribution in [3.05, 3.63) is 57.7 Å². The molecule has 0 aliphatic heterocycles. The molecule has 0 fully saturated rings. The van der Waals surface area contributed by atoms with E-state index in [0.717, 1.165) is 17.5 Å². The number of nitrogens with one attached hydrogen (secondary N) is 2. The van der Waals surface area contributed by atoms with Gasteiger partial charge in [-0.15, -0.1) is 0 Å². The fraction of sp³-hybridized carbons (Fsp3) is 0.381. The van der Waals surface area contributed by atoms with Crippen molar-refractivity contribution in [2.45, 2.75) is 45.3 Å². The van der Waals surface area contributed by atoms with Crippen LogP contribution in [0.5, 0.6) is 0 Å². The molecule has 30 heavy (non-hydrogen) atoms. The van der Waals surface area contributed by atoms with E-state index in [9.17, 15) is 9.59 Å². The number of nitrogens with zero attached hydrogens (tertiary/aromatic N) is 1. The van der Waals surface area contributed by atoms with Crippen molar-refractivity contribution in [1.82, 2.24) is 15.6 Å². The number of aromatic nitrogens is 1. The fourth-order valence-corrected chi connectivity index (χ4v) is 3.07. The van der Waals surface area contributed by atoms with E-state index in [1.54, 1.807) is 36.5 Å². The lowest BCUT2D eigenvalue weighted by Gasteiger charge is -2.23. The normalized spacial score (nSPS) is 13.9. The molecule has 0 saturated carbocycles. The SMILES string of the molecule is CCC(C)[C@H](N)C(=O)N[C@H](Cc1ccc(Cl)c(Cl)c1)C(=O)NCc1ccc(N)nc1. The summed E-state index contributed by atoms with van der Waals surface area (Å²) in [5.74, 6) is -0.338. The summed E-state index contributed by atoms with van der Waals surface area (Å²) in [5, 5.41) is 6.39. The number of pyridine rings is 1. The lowest BCUT2D eigenvalue weighted by Crippen LogP contribution is -2.53. The van der Waals surface area contributed by atoms with Gasteiger partial charge in [0.05, 0.1) is 16.1 Å². The first-order valence-corrected chi connectivity index (χ1v) is 10.4. The third-order valence-electron chi connectivity index (χ3n) is 4.93. The maximum Gasteiger partial charge on any atom is 0.243 e. The molecule has 1 aromatic carbocycles. The molecule has 3 atom stereocenters. The minimum atomic E-state index is -0.827. The zero-order chi connectivity index (χ0) is 22.3. The molecular formula is C21H27Cl2N5O2. The van der Waals surface area contributed by atoms with Gasteiger partial charge in [-0.1, -0.05) is 55.6 Å². The molecule has 7 nitrogen and oxygen atoms in total. The summed E-state index contributed by atoms with van der Waals surface area (Å²) < 4.78 is 0. The molecule has 0 aliphatic carbocycles. The Bertz CT molecular complexity index is 876. The number of benzene rings is 1. The van der Waals surface area contributed by atoms with Gasteiger partial charge in [0, 0.05) is 19.2 Å². The van der Waals surface area contributed by atoms with Crippen molar-refractivity contribution < 1.29 is 9.59 Å². The number of amides is 2. The predicted molar refractivity (Wildman–Crippen MR) is 120 cm³/mol. The number of halogens is 2. The van der Waals surface area contributed by atoms with Crippen LogP contribution in [0.2, 0.25) is 10.0 Å². The summed E-state index contributed by atoms with van der Waals surface area (Å²) in [5.41, 5.74) is 13.2.